The molecule has 1 aliphatic rings. The lowest BCUT2D eigenvalue weighted by Crippen LogP contribution is -2.09. The Hall–Kier alpha value is -1.00. The van der Waals surface area contributed by atoms with E-state index in [-0.39, 0.29) is 11.5 Å². The highest BCUT2D eigenvalue weighted by molar-refractivity contribution is 5.20. The van der Waals surface area contributed by atoms with E-state index in [4.69, 9.17) is 4.74 Å². The first-order valence-electron chi connectivity index (χ1n) is 5.37. The highest BCUT2D eigenvalue weighted by Gasteiger charge is 2.22. The van der Waals surface area contributed by atoms with Crippen molar-refractivity contribution >= 4 is 0 Å². The Morgan fingerprint density at radius 1 is 1.44 bits per heavy atom. The number of aliphatic hydroxyl groups is 1. The Morgan fingerprint density at radius 2 is 2.25 bits per heavy atom. The molecule has 0 aromatic heterocycles. The molecule has 1 fully saturated rings. The van der Waals surface area contributed by atoms with Crippen LogP contribution in [0.3, 0.4) is 0 Å². The van der Waals surface area contributed by atoms with Gasteiger partial charge in [-0.3, -0.25) is 0 Å². The minimum atomic E-state index is -0.882. The van der Waals surface area contributed by atoms with Crippen LogP contribution in [0.25, 0.3) is 0 Å². The molecule has 0 bridgehead atoms. The van der Waals surface area contributed by atoms with Crippen molar-refractivity contribution in [3.63, 3.8) is 0 Å². The van der Waals surface area contributed by atoms with Crippen LogP contribution in [0.15, 0.2) is 18.2 Å². The third-order valence-electron chi connectivity index (χ3n) is 2.90. The summed E-state index contributed by atoms with van der Waals surface area (Å²) in [7, 11) is 0. The van der Waals surface area contributed by atoms with E-state index in [1.54, 1.807) is 0 Å². The molecule has 0 saturated carbocycles. The lowest BCUT2D eigenvalue weighted by Gasteiger charge is -2.15. The number of aliphatic hydroxyl groups excluding tert-OH is 1. The maximum absolute atomic E-state index is 13.3. The van der Waals surface area contributed by atoms with Crippen molar-refractivity contribution in [3.8, 4) is 0 Å². The van der Waals surface area contributed by atoms with E-state index in [0.29, 0.717) is 19.6 Å². The van der Waals surface area contributed by atoms with Crippen molar-refractivity contribution in [2.45, 2.75) is 18.9 Å². The van der Waals surface area contributed by atoms with Gasteiger partial charge in [0.2, 0.25) is 0 Å². The van der Waals surface area contributed by atoms with Crippen LogP contribution in [0.5, 0.6) is 0 Å². The molecule has 4 heteroatoms. The minimum Gasteiger partial charge on any atom is -0.388 e. The number of halogens is 2. The Morgan fingerprint density at radius 3 is 2.88 bits per heavy atom. The lowest BCUT2D eigenvalue weighted by molar-refractivity contribution is 0.126. The van der Waals surface area contributed by atoms with Gasteiger partial charge in [0.15, 0.2) is 0 Å². The van der Waals surface area contributed by atoms with Gasteiger partial charge in [-0.15, -0.1) is 0 Å². The molecule has 88 valence electrons. The summed E-state index contributed by atoms with van der Waals surface area (Å²) in [5.74, 6) is -1.05. The van der Waals surface area contributed by atoms with Crippen molar-refractivity contribution in [2.24, 2.45) is 5.92 Å². The summed E-state index contributed by atoms with van der Waals surface area (Å²) in [6.45, 7) is 1.31. The van der Waals surface area contributed by atoms with E-state index in [1.807, 2.05) is 0 Å². The zero-order chi connectivity index (χ0) is 11.5. The van der Waals surface area contributed by atoms with Crippen LogP contribution in [0.1, 0.15) is 24.5 Å². The Balaban J connectivity index is 2.04. The Bertz CT molecular complexity index is 362. The van der Waals surface area contributed by atoms with E-state index in [2.05, 4.69) is 0 Å². The molecule has 1 saturated heterocycles. The Kier molecular flexibility index (Phi) is 3.51. The predicted octanol–water partition coefficient (Wildman–Crippen LogP) is 2.42. The van der Waals surface area contributed by atoms with Gasteiger partial charge in [0, 0.05) is 24.8 Å². The van der Waals surface area contributed by atoms with E-state index in [0.717, 1.165) is 18.6 Å². The van der Waals surface area contributed by atoms with Gasteiger partial charge in [-0.1, -0.05) is 6.07 Å². The molecular formula is C12H14F2O2. The van der Waals surface area contributed by atoms with Gasteiger partial charge in [-0.25, -0.2) is 8.78 Å². The molecule has 1 heterocycles. The van der Waals surface area contributed by atoms with Crippen molar-refractivity contribution in [2.75, 3.05) is 13.2 Å². The number of rotatable bonds is 3. The van der Waals surface area contributed by atoms with Gasteiger partial charge in [-0.05, 0) is 24.8 Å². The van der Waals surface area contributed by atoms with E-state index >= 15 is 0 Å². The molecule has 2 atom stereocenters. The van der Waals surface area contributed by atoms with Crippen LogP contribution in [-0.2, 0) is 4.74 Å². The topological polar surface area (TPSA) is 29.5 Å². The van der Waals surface area contributed by atoms with Gasteiger partial charge in [0.25, 0.3) is 0 Å². The summed E-state index contributed by atoms with van der Waals surface area (Å²) in [5, 5.41) is 9.83. The van der Waals surface area contributed by atoms with Gasteiger partial charge in [0.1, 0.15) is 11.6 Å². The quantitative estimate of drug-likeness (QED) is 0.861. The first-order chi connectivity index (χ1) is 7.66. The van der Waals surface area contributed by atoms with Gasteiger partial charge < -0.3 is 9.84 Å². The molecular weight excluding hydrogens is 214 g/mol. The molecule has 1 N–H and O–H groups in total. The highest BCUT2D eigenvalue weighted by Crippen LogP contribution is 2.27. The summed E-state index contributed by atoms with van der Waals surface area (Å²) in [4.78, 5) is 0. The predicted molar refractivity (Wildman–Crippen MR) is 54.9 cm³/mol. The van der Waals surface area contributed by atoms with E-state index in [1.165, 1.54) is 6.07 Å². The smallest absolute Gasteiger partial charge is 0.131 e. The monoisotopic (exact) mass is 228 g/mol. The van der Waals surface area contributed by atoms with E-state index < -0.39 is 17.7 Å². The van der Waals surface area contributed by atoms with Crippen LogP contribution in [-0.4, -0.2) is 18.3 Å². The molecule has 2 nitrogen and oxygen atoms in total. The molecule has 16 heavy (non-hydrogen) atoms. The van der Waals surface area contributed by atoms with Crippen LogP contribution >= 0.6 is 0 Å². The van der Waals surface area contributed by atoms with Crippen LogP contribution < -0.4 is 0 Å². The molecule has 2 unspecified atom stereocenters. The van der Waals surface area contributed by atoms with Crippen molar-refractivity contribution in [3.05, 3.63) is 35.4 Å². The molecule has 1 aromatic carbocycles. The zero-order valence-corrected chi connectivity index (χ0v) is 8.83. The fourth-order valence-electron chi connectivity index (χ4n) is 1.98. The van der Waals surface area contributed by atoms with Crippen molar-refractivity contribution in [1.29, 1.82) is 0 Å². The number of hydrogen-bond acceptors (Lipinski definition) is 2. The molecule has 0 aliphatic carbocycles. The standard InChI is InChI=1S/C12H14F2O2/c13-9-1-2-10(11(14)6-9)12(15)5-8-3-4-16-7-8/h1-2,6,8,12,15H,3-5,7H2. The number of benzene rings is 1. The third kappa shape index (κ3) is 2.57. The first-order valence-corrected chi connectivity index (χ1v) is 5.37. The van der Waals surface area contributed by atoms with Crippen LogP contribution in [0, 0.1) is 17.6 Å². The second-order valence-electron chi connectivity index (χ2n) is 4.15. The van der Waals surface area contributed by atoms with E-state index in [9.17, 15) is 13.9 Å². The zero-order valence-electron chi connectivity index (χ0n) is 8.83. The summed E-state index contributed by atoms with van der Waals surface area (Å²) >= 11 is 0. The van der Waals surface area contributed by atoms with Crippen molar-refractivity contribution < 1.29 is 18.6 Å². The van der Waals surface area contributed by atoms with Gasteiger partial charge in [-0.2, -0.15) is 0 Å². The molecule has 2 rings (SSSR count). The summed E-state index contributed by atoms with van der Waals surface area (Å²) < 4.78 is 31.2. The first kappa shape index (κ1) is 11.5. The van der Waals surface area contributed by atoms with Crippen LogP contribution in [0.2, 0.25) is 0 Å². The SMILES string of the molecule is OC(CC1CCOC1)c1ccc(F)cc1F. The molecule has 0 amide bonds. The maximum Gasteiger partial charge on any atom is 0.131 e. The summed E-state index contributed by atoms with van der Waals surface area (Å²) in [6.07, 6.45) is 0.467. The third-order valence-corrected chi connectivity index (χ3v) is 2.90. The minimum absolute atomic E-state index is 0.160. The average molecular weight is 228 g/mol. The second kappa shape index (κ2) is 4.89. The number of hydrogen-bond donors (Lipinski definition) is 1. The molecule has 1 aromatic rings. The molecule has 0 radical (unpaired) electrons. The van der Waals surface area contributed by atoms with Gasteiger partial charge >= 0.3 is 0 Å². The summed E-state index contributed by atoms with van der Waals surface area (Å²) in [6, 6.07) is 3.25. The summed E-state index contributed by atoms with van der Waals surface area (Å²) in [5.41, 5.74) is 0.160. The maximum atomic E-state index is 13.3. The average Bonchev–Trinajstić information content (AvgIpc) is 2.70. The lowest BCUT2D eigenvalue weighted by atomic mass is 9.96. The van der Waals surface area contributed by atoms with Crippen molar-refractivity contribution in [1.82, 2.24) is 0 Å². The second-order valence-corrected chi connectivity index (χ2v) is 4.15. The molecule has 0 spiro atoms. The highest BCUT2D eigenvalue weighted by atomic mass is 19.1. The van der Waals surface area contributed by atoms with Gasteiger partial charge in [0.05, 0.1) is 6.10 Å². The normalized spacial score (nSPS) is 22.3. The largest absolute Gasteiger partial charge is 0.388 e. The number of ether oxygens (including phenoxy) is 1. The molecule has 1 aliphatic heterocycles. The van der Waals surface area contributed by atoms with Crippen LogP contribution in [0.4, 0.5) is 8.78 Å². The Labute approximate surface area is 92.9 Å². The fourth-order valence-corrected chi connectivity index (χ4v) is 1.98. The fraction of sp³-hybridized carbons (Fsp3) is 0.500.